The van der Waals surface area contributed by atoms with E-state index < -0.39 is 16.0 Å². The standard InChI is InChI=1S/C13H18O2S/c1-4-9-16(15)11(3)13(14)12-7-5-10(2)6-8-12/h5-8,11H,4,9H2,1-3H3. The summed E-state index contributed by atoms with van der Waals surface area (Å²) in [6, 6.07) is 7.42. The van der Waals surface area contributed by atoms with Gasteiger partial charge in [0.15, 0.2) is 5.78 Å². The number of carbonyl (C=O) groups is 1. The van der Waals surface area contributed by atoms with Crippen LogP contribution in [0.25, 0.3) is 0 Å². The molecule has 0 radical (unpaired) electrons. The lowest BCUT2D eigenvalue weighted by Crippen LogP contribution is -2.24. The highest BCUT2D eigenvalue weighted by Gasteiger charge is 2.20. The minimum Gasteiger partial charge on any atom is -0.293 e. The molecule has 16 heavy (non-hydrogen) atoms. The van der Waals surface area contributed by atoms with Gasteiger partial charge in [0.05, 0.1) is 5.25 Å². The fourth-order valence-electron chi connectivity index (χ4n) is 1.45. The van der Waals surface area contributed by atoms with Crippen molar-refractivity contribution in [3.05, 3.63) is 35.4 Å². The van der Waals surface area contributed by atoms with Gasteiger partial charge in [-0.25, -0.2) is 0 Å². The van der Waals surface area contributed by atoms with Gasteiger partial charge in [0.25, 0.3) is 0 Å². The van der Waals surface area contributed by atoms with E-state index in [4.69, 9.17) is 0 Å². The van der Waals surface area contributed by atoms with E-state index in [-0.39, 0.29) is 5.78 Å². The monoisotopic (exact) mass is 238 g/mol. The molecule has 0 saturated heterocycles. The van der Waals surface area contributed by atoms with Crippen molar-refractivity contribution >= 4 is 16.6 Å². The Morgan fingerprint density at radius 1 is 1.31 bits per heavy atom. The highest BCUT2D eigenvalue weighted by molar-refractivity contribution is 7.86. The summed E-state index contributed by atoms with van der Waals surface area (Å²) >= 11 is 0. The largest absolute Gasteiger partial charge is 0.293 e. The van der Waals surface area contributed by atoms with Gasteiger partial charge in [0.1, 0.15) is 0 Å². The lowest BCUT2D eigenvalue weighted by molar-refractivity contribution is 0.0992. The van der Waals surface area contributed by atoms with Crippen molar-refractivity contribution < 1.29 is 9.00 Å². The molecule has 0 N–H and O–H groups in total. The van der Waals surface area contributed by atoms with Crippen molar-refractivity contribution in [2.24, 2.45) is 0 Å². The van der Waals surface area contributed by atoms with Gasteiger partial charge in [-0.1, -0.05) is 36.8 Å². The molecule has 1 aromatic rings. The number of rotatable bonds is 5. The van der Waals surface area contributed by atoms with Crippen molar-refractivity contribution in [1.82, 2.24) is 0 Å². The van der Waals surface area contributed by atoms with Gasteiger partial charge in [-0.3, -0.25) is 9.00 Å². The van der Waals surface area contributed by atoms with Crippen LogP contribution < -0.4 is 0 Å². The Morgan fingerprint density at radius 3 is 2.38 bits per heavy atom. The van der Waals surface area contributed by atoms with E-state index in [0.717, 1.165) is 12.0 Å². The Labute approximate surface area is 99.5 Å². The van der Waals surface area contributed by atoms with Crippen molar-refractivity contribution in [3.63, 3.8) is 0 Å². The number of hydrogen-bond donors (Lipinski definition) is 0. The van der Waals surface area contributed by atoms with Crippen molar-refractivity contribution in [2.75, 3.05) is 5.75 Å². The third-order valence-corrected chi connectivity index (χ3v) is 4.32. The van der Waals surface area contributed by atoms with Gasteiger partial charge >= 0.3 is 0 Å². The second-order valence-electron chi connectivity index (χ2n) is 3.96. The molecule has 0 aromatic heterocycles. The van der Waals surface area contributed by atoms with Gasteiger partial charge in [0, 0.05) is 22.1 Å². The molecule has 2 atom stereocenters. The van der Waals surface area contributed by atoms with Crippen LogP contribution in [-0.2, 0) is 10.8 Å². The average molecular weight is 238 g/mol. The van der Waals surface area contributed by atoms with Gasteiger partial charge < -0.3 is 0 Å². The van der Waals surface area contributed by atoms with Crippen molar-refractivity contribution in [3.8, 4) is 0 Å². The molecule has 0 spiro atoms. The number of hydrogen-bond acceptors (Lipinski definition) is 2. The lowest BCUT2D eigenvalue weighted by atomic mass is 10.1. The quantitative estimate of drug-likeness (QED) is 0.739. The fourth-order valence-corrected chi connectivity index (χ4v) is 2.58. The summed E-state index contributed by atoms with van der Waals surface area (Å²) in [4.78, 5) is 12.0. The highest BCUT2D eigenvalue weighted by Crippen LogP contribution is 2.10. The number of Topliss-reactive ketones (excluding diaryl/α,β-unsaturated/α-hetero) is 1. The maximum Gasteiger partial charge on any atom is 0.178 e. The first-order valence-corrected chi connectivity index (χ1v) is 6.92. The van der Waals surface area contributed by atoms with Crippen molar-refractivity contribution in [1.29, 1.82) is 0 Å². The lowest BCUT2D eigenvalue weighted by Gasteiger charge is -2.09. The third-order valence-electron chi connectivity index (χ3n) is 2.50. The van der Waals surface area contributed by atoms with Crippen LogP contribution in [0, 0.1) is 6.92 Å². The summed E-state index contributed by atoms with van der Waals surface area (Å²) in [6.45, 7) is 5.70. The Kier molecular flexibility index (Phi) is 4.87. The van der Waals surface area contributed by atoms with Crippen LogP contribution in [-0.4, -0.2) is 21.0 Å². The number of carbonyl (C=O) groups excluding carboxylic acids is 1. The summed E-state index contributed by atoms with van der Waals surface area (Å²) in [5, 5.41) is -0.400. The molecule has 1 aromatic carbocycles. The summed E-state index contributed by atoms with van der Waals surface area (Å²) in [7, 11) is -1.05. The second-order valence-corrected chi connectivity index (χ2v) is 5.83. The maximum atomic E-state index is 12.0. The minimum absolute atomic E-state index is 0.0215. The predicted molar refractivity (Wildman–Crippen MR) is 68.3 cm³/mol. The van der Waals surface area contributed by atoms with Gasteiger partial charge in [-0.05, 0) is 20.3 Å². The van der Waals surface area contributed by atoms with E-state index in [1.807, 2.05) is 26.0 Å². The normalized spacial score (nSPS) is 14.4. The SMILES string of the molecule is CCCS(=O)C(C)C(=O)c1ccc(C)cc1. The van der Waals surface area contributed by atoms with E-state index >= 15 is 0 Å². The molecule has 0 aliphatic rings. The zero-order chi connectivity index (χ0) is 12.1. The molecular weight excluding hydrogens is 220 g/mol. The van der Waals surface area contributed by atoms with Gasteiger partial charge in [0.2, 0.25) is 0 Å². The number of ketones is 1. The predicted octanol–water partition coefficient (Wildman–Crippen LogP) is 2.72. The number of benzene rings is 1. The summed E-state index contributed by atoms with van der Waals surface area (Å²) in [5.74, 6) is 0.575. The van der Waals surface area contributed by atoms with E-state index in [0.29, 0.717) is 11.3 Å². The number of aryl methyl sites for hydroxylation is 1. The second kappa shape index (κ2) is 5.94. The van der Waals surface area contributed by atoms with E-state index in [2.05, 4.69) is 0 Å². The molecule has 2 nitrogen and oxygen atoms in total. The fraction of sp³-hybridized carbons (Fsp3) is 0.462. The van der Waals surface area contributed by atoms with E-state index in [1.165, 1.54) is 0 Å². The minimum atomic E-state index is -1.05. The zero-order valence-corrected chi connectivity index (χ0v) is 10.8. The van der Waals surface area contributed by atoms with Gasteiger partial charge in [-0.15, -0.1) is 0 Å². The van der Waals surface area contributed by atoms with Crippen LogP contribution in [0.4, 0.5) is 0 Å². The first-order chi connectivity index (χ1) is 7.56. The molecule has 0 amide bonds. The van der Waals surface area contributed by atoms with Crippen LogP contribution in [0.1, 0.15) is 36.2 Å². The molecule has 0 aliphatic carbocycles. The Balaban J connectivity index is 2.78. The first-order valence-electron chi connectivity index (χ1n) is 5.54. The Morgan fingerprint density at radius 2 is 1.88 bits per heavy atom. The molecule has 0 bridgehead atoms. The van der Waals surface area contributed by atoms with Crippen LogP contribution >= 0.6 is 0 Å². The highest BCUT2D eigenvalue weighted by atomic mass is 32.2. The molecular formula is C13H18O2S. The average Bonchev–Trinajstić information content (AvgIpc) is 2.28. The van der Waals surface area contributed by atoms with Crippen LogP contribution in [0.5, 0.6) is 0 Å². The summed E-state index contributed by atoms with van der Waals surface area (Å²) in [6.07, 6.45) is 0.845. The van der Waals surface area contributed by atoms with Crippen LogP contribution in [0.15, 0.2) is 24.3 Å². The smallest absolute Gasteiger partial charge is 0.178 e. The molecule has 1 rings (SSSR count). The Bertz CT molecular complexity index is 381. The third kappa shape index (κ3) is 3.27. The summed E-state index contributed by atoms with van der Waals surface area (Å²) < 4.78 is 11.7. The van der Waals surface area contributed by atoms with Crippen molar-refractivity contribution in [2.45, 2.75) is 32.4 Å². The topological polar surface area (TPSA) is 34.1 Å². The molecule has 88 valence electrons. The van der Waals surface area contributed by atoms with Gasteiger partial charge in [-0.2, -0.15) is 0 Å². The Hall–Kier alpha value is -0.960. The molecule has 0 aliphatic heterocycles. The maximum absolute atomic E-state index is 12.0. The molecule has 0 fully saturated rings. The molecule has 2 unspecified atom stereocenters. The molecule has 0 heterocycles. The van der Waals surface area contributed by atoms with E-state index in [9.17, 15) is 9.00 Å². The van der Waals surface area contributed by atoms with E-state index in [1.54, 1.807) is 19.1 Å². The molecule has 0 saturated carbocycles. The zero-order valence-electron chi connectivity index (χ0n) is 10.0. The summed E-state index contributed by atoms with van der Waals surface area (Å²) in [5.41, 5.74) is 1.78. The molecule has 3 heteroatoms. The van der Waals surface area contributed by atoms with Crippen LogP contribution in [0.3, 0.4) is 0 Å². The first kappa shape index (κ1) is 13.1. The van der Waals surface area contributed by atoms with Crippen LogP contribution in [0.2, 0.25) is 0 Å².